The SMILES string of the molecule is COc1ccc(P(CCC(C(CCP(c2c(OC)cccc2OC)c2c(OC)cccc2OC)P(c2c(OC)cccc2OC)c2c(OC)cccc2OC)P(c2ccc(OC)cc2OC)c2ccc(OC)cc2OC)c2ccc(OC)cc2OC)c(OC)c1. The molecule has 0 aromatic heterocycles. The molecule has 0 bridgehead atoms. The topological polar surface area (TPSA) is 148 Å². The van der Waals surface area contributed by atoms with E-state index in [1.807, 2.05) is 121 Å². The molecule has 8 rings (SSSR count). The van der Waals surface area contributed by atoms with Gasteiger partial charge in [-0.05, 0) is 165 Å². The van der Waals surface area contributed by atoms with Crippen molar-refractivity contribution in [3.63, 3.8) is 0 Å². The molecule has 0 saturated heterocycles. The van der Waals surface area contributed by atoms with Crippen LogP contribution in [0.5, 0.6) is 92.0 Å². The van der Waals surface area contributed by atoms with E-state index in [0.717, 1.165) is 42.4 Å². The van der Waals surface area contributed by atoms with Crippen LogP contribution in [0.25, 0.3) is 0 Å². The van der Waals surface area contributed by atoms with Gasteiger partial charge >= 0.3 is 0 Å². The summed E-state index contributed by atoms with van der Waals surface area (Å²) in [6.45, 7) is 0. The van der Waals surface area contributed by atoms with Crippen molar-refractivity contribution >= 4 is 74.1 Å². The predicted molar refractivity (Wildman–Crippen MR) is 368 cm³/mol. The lowest BCUT2D eigenvalue weighted by Crippen LogP contribution is -2.38. The van der Waals surface area contributed by atoms with Crippen LogP contribution < -0.4 is 118 Å². The van der Waals surface area contributed by atoms with Gasteiger partial charge in [0.25, 0.3) is 0 Å². The van der Waals surface area contributed by atoms with Crippen molar-refractivity contribution in [2.75, 3.05) is 126 Å². The highest BCUT2D eigenvalue weighted by molar-refractivity contribution is 7.78. The summed E-state index contributed by atoms with van der Waals surface area (Å²) in [5, 5.41) is 7.29. The fourth-order valence-corrected chi connectivity index (χ4v) is 24.7. The van der Waals surface area contributed by atoms with E-state index in [0.29, 0.717) is 117 Å². The quantitative estimate of drug-likeness (QED) is 0.0359. The molecule has 0 aliphatic rings. The van der Waals surface area contributed by atoms with Crippen LogP contribution in [0.3, 0.4) is 0 Å². The minimum Gasteiger partial charge on any atom is -0.497 e. The standard InChI is InChI=1S/C70H82O16P4/c1-71-45-29-33-61(57(41-45)83-13)87(62-34-30-46(72-2)42-58(62)84-14)39-37-65(89(63-35-31-47(73-3)43-59(63)85-15)64-36-32-48(74-4)44-60(64)86-16)66(90(69-53(79-9)25-19-26-54(69)80-10)70-55(81-11)27-20-28-56(70)82-12)38-40-88(67-49(75-5)21-17-22-50(67)76-6)68-51(77-7)23-18-24-52(68)78-8/h17-36,41-44,65-66H,37-40H2,1-16H3. The van der Waals surface area contributed by atoms with Gasteiger partial charge in [-0.2, -0.15) is 0 Å². The average Bonchev–Trinajstić information content (AvgIpc) is 0.772. The Hall–Kier alpha value is -7.72. The first-order valence-electron chi connectivity index (χ1n) is 28.8. The maximum absolute atomic E-state index is 6.59. The summed E-state index contributed by atoms with van der Waals surface area (Å²) >= 11 is 0. The molecule has 0 saturated carbocycles. The van der Waals surface area contributed by atoms with E-state index in [4.69, 9.17) is 75.8 Å². The van der Waals surface area contributed by atoms with Gasteiger partial charge in [-0.15, -0.1) is 0 Å². The lowest BCUT2D eigenvalue weighted by atomic mass is 10.2. The van der Waals surface area contributed by atoms with Gasteiger partial charge in [-0.3, -0.25) is 0 Å². The third kappa shape index (κ3) is 14.5. The fraction of sp³-hybridized carbons (Fsp3) is 0.314. The molecule has 2 unspecified atom stereocenters. The van der Waals surface area contributed by atoms with Gasteiger partial charge in [-0.1, -0.05) is 24.3 Å². The second kappa shape index (κ2) is 32.8. The fourth-order valence-electron chi connectivity index (χ4n) is 11.5. The highest BCUT2D eigenvalue weighted by atomic mass is 31.1. The maximum atomic E-state index is 6.59. The molecular weight excluding hydrogens is 1220 g/mol. The molecule has 20 heteroatoms. The van der Waals surface area contributed by atoms with E-state index in [2.05, 4.69) is 24.3 Å². The molecule has 16 nitrogen and oxygen atoms in total. The molecule has 478 valence electrons. The van der Waals surface area contributed by atoms with Gasteiger partial charge in [0.2, 0.25) is 0 Å². The molecule has 0 amide bonds. The Bertz CT molecular complexity index is 3350. The highest BCUT2D eigenvalue weighted by Crippen LogP contribution is 2.62. The summed E-state index contributed by atoms with van der Waals surface area (Å²) < 4.78 is 101. The molecule has 0 spiro atoms. The zero-order valence-electron chi connectivity index (χ0n) is 54.2. The molecule has 2 atom stereocenters. The summed E-state index contributed by atoms with van der Waals surface area (Å²) in [6, 6.07) is 48.0. The lowest BCUT2D eigenvalue weighted by Gasteiger charge is -2.42. The number of hydrogen-bond acceptors (Lipinski definition) is 16. The van der Waals surface area contributed by atoms with E-state index in [9.17, 15) is 0 Å². The first kappa shape index (κ1) is 68.2. The van der Waals surface area contributed by atoms with Crippen LogP contribution in [0.2, 0.25) is 0 Å². The van der Waals surface area contributed by atoms with Crippen molar-refractivity contribution in [3.05, 3.63) is 146 Å². The van der Waals surface area contributed by atoms with Crippen LogP contribution in [-0.2, 0) is 0 Å². The number of benzene rings is 8. The molecule has 8 aromatic rings. The minimum atomic E-state index is -1.81. The monoisotopic (exact) mass is 1300 g/mol. The summed E-state index contributed by atoms with van der Waals surface area (Å²) in [7, 11) is 20.6. The van der Waals surface area contributed by atoms with Crippen LogP contribution >= 0.6 is 31.7 Å². The summed E-state index contributed by atoms with van der Waals surface area (Å²) in [5.41, 5.74) is -0.770. The normalized spacial score (nSPS) is 11.8. The number of methoxy groups -OCH3 is 16. The van der Waals surface area contributed by atoms with Crippen LogP contribution in [0.1, 0.15) is 12.8 Å². The molecule has 0 heterocycles. The zero-order chi connectivity index (χ0) is 64.4. The summed E-state index contributed by atoms with van der Waals surface area (Å²) in [5.74, 6) is 10.3. The number of hydrogen-bond donors (Lipinski definition) is 0. The Balaban J connectivity index is 1.60. The lowest BCUT2D eigenvalue weighted by molar-refractivity contribution is 0.395. The van der Waals surface area contributed by atoms with Crippen LogP contribution in [0.15, 0.2) is 146 Å². The number of ether oxygens (including phenoxy) is 16. The Morgan fingerprint density at radius 2 is 0.467 bits per heavy atom. The predicted octanol–water partition coefficient (Wildman–Crippen LogP) is 11.2. The van der Waals surface area contributed by atoms with Gasteiger partial charge < -0.3 is 75.8 Å². The molecule has 0 aliphatic carbocycles. The average molecular weight is 1300 g/mol. The molecule has 0 radical (unpaired) electrons. The molecule has 8 aromatic carbocycles. The van der Waals surface area contributed by atoms with Crippen LogP contribution in [0.4, 0.5) is 0 Å². The second-order valence-electron chi connectivity index (χ2n) is 20.0. The van der Waals surface area contributed by atoms with Crippen molar-refractivity contribution < 1.29 is 75.8 Å². The Kier molecular flexibility index (Phi) is 24.9. The molecule has 0 aliphatic heterocycles. The molecule has 90 heavy (non-hydrogen) atoms. The van der Waals surface area contributed by atoms with E-state index in [1.54, 1.807) is 114 Å². The van der Waals surface area contributed by atoms with Gasteiger partial charge in [0.05, 0.1) is 135 Å². The van der Waals surface area contributed by atoms with E-state index in [1.165, 1.54) is 0 Å². The van der Waals surface area contributed by atoms with Crippen molar-refractivity contribution in [2.45, 2.75) is 24.2 Å². The third-order valence-corrected chi connectivity index (χ3v) is 27.4. The Morgan fingerprint density at radius 3 is 0.733 bits per heavy atom. The van der Waals surface area contributed by atoms with Crippen molar-refractivity contribution in [1.29, 1.82) is 0 Å². The van der Waals surface area contributed by atoms with Crippen molar-refractivity contribution in [3.8, 4) is 92.0 Å². The second-order valence-corrected chi connectivity index (χ2v) is 29.1. The minimum absolute atomic E-state index is 0.366. The van der Waals surface area contributed by atoms with Crippen molar-refractivity contribution in [2.24, 2.45) is 0 Å². The highest BCUT2D eigenvalue weighted by Gasteiger charge is 2.45. The van der Waals surface area contributed by atoms with Crippen LogP contribution in [-0.4, -0.2) is 137 Å². The maximum Gasteiger partial charge on any atom is 0.130 e. The first-order valence-corrected chi connectivity index (χ1v) is 34.7. The first-order chi connectivity index (χ1) is 43.9. The van der Waals surface area contributed by atoms with Crippen molar-refractivity contribution in [1.82, 2.24) is 0 Å². The van der Waals surface area contributed by atoms with Crippen LogP contribution in [0, 0.1) is 0 Å². The largest absolute Gasteiger partial charge is 0.497 e. The number of rotatable bonds is 33. The van der Waals surface area contributed by atoms with Gasteiger partial charge in [0.15, 0.2) is 0 Å². The van der Waals surface area contributed by atoms with Gasteiger partial charge in [0.1, 0.15) is 92.0 Å². The Labute approximate surface area is 535 Å². The Morgan fingerprint density at radius 1 is 0.233 bits per heavy atom. The molecule has 0 fully saturated rings. The zero-order valence-corrected chi connectivity index (χ0v) is 57.7. The van der Waals surface area contributed by atoms with E-state index >= 15 is 0 Å². The van der Waals surface area contributed by atoms with Gasteiger partial charge in [-0.25, -0.2) is 0 Å². The van der Waals surface area contributed by atoms with Gasteiger partial charge in [0, 0.05) is 45.5 Å². The molecule has 0 N–H and O–H groups in total. The molecular formula is C70H82O16P4. The van der Waals surface area contributed by atoms with E-state index in [-0.39, 0.29) is 5.66 Å². The van der Waals surface area contributed by atoms with E-state index < -0.39 is 37.3 Å². The summed E-state index contributed by atoms with van der Waals surface area (Å²) in [6.07, 6.45) is 2.17. The third-order valence-electron chi connectivity index (χ3n) is 15.7. The smallest absolute Gasteiger partial charge is 0.130 e. The summed E-state index contributed by atoms with van der Waals surface area (Å²) in [4.78, 5) is 0.